The maximum absolute atomic E-state index is 11.8. The van der Waals surface area contributed by atoms with E-state index >= 15 is 0 Å². The van der Waals surface area contributed by atoms with Gasteiger partial charge in [-0.05, 0) is 29.0 Å². The van der Waals surface area contributed by atoms with E-state index in [9.17, 15) is 10.0 Å². The van der Waals surface area contributed by atoms with Crippen LogP contribution in [0.1, 0.15) is 18.1 Å². The van der Waals surface area contributed by atoms with E-state index < -0.39 is 5.69 Å². The van der Waals surface area contributed by atoms with Crippen LogP contribution in [0.4, 0.5) is 0 Å². The standard InChI is InChI=1S/C14H14N6O3/c1-9(2)10-4-3-5-12(20-14(21)15-17-18-20)11(10)8-23-13-6-7-19(22)16-13/h3-7,22H,1,8H2,2H3,(H,15,18,21). The molecule has 0 aliphatic carbocycles. The molecule has 2 N–H and O–H groups in total. The molecule has 118 valence electrons. The number of rotatable bonds is 5. The van der Waals surface area contributed by atoms with Gasteiger partial charge in [-0.1, -0.05) is 29.4 Å². The van der Waals surface area contributed by atoms with Crippen molar-refractivity contribution in [2.45, 2.75) is 13.5 Å². The quantitative estimate of drug-likeness (QED) is 0.680. The zero-order valence-electron chi connectivity index (χ0n) is 12.3. The van der Waals surface area contributed by atoms with Crippen molar-refractivity contribution >= 4 is 5.57 Å². The number of aromatic amines is 1. The highest BCUT2D eigenvalue weighted by Crippen LogP contribution is 2.24. The number of aromatic nitrogens is 6. The fourth-order valence-electron chi connectivity index (χ4n) is 2.20. The minimum absolute atomic E-state index is 0.120. The Balaban J connectivity index is 2.03. The maximum Gasteiger partial charge on any atom is 0.365 e. The Labute approximate surface area is 130 Å². The van der Waals surface area contributed by atoms with Crippen molar-refractivity contribution in [3.63, 3.8) is 0 Å². The highest BCUT2D eigenvalue weighted by atomic mass is 16.5. The van der Waals surface area contributed by atoms with Gasteiger partial charge in [0, 0.05) is 11.6 Å². The summed E-state index contributed by atoms with van der Waals surface area (Å²) in [6.07, 6.45) is 1.35. The summed E-state index contributed by atoms with van der Waals surface area (Å²) in [4.78, 5) is 12.5. The third-order valence-corrected chi connectivity index (χ3v) is 3.23. The van der Waals surface area contributed by atoms with Crippen molar-refractivity contribution in [1.82, 2.24) is 30.2 Å². The van der Waals surface area contributed by atoms with E-state index in [1.807, 2.05) is 13.0 Å². The summed E-state index contributed by atoms with van der Waals surface area (Å²) >= 11 is 0. The lowest BCUT2D eigenvalue weighted by molar-refractivity contribution is 0.141. The number of tetrazole rings is 1. The molecule has 2 heterocycles. The lowest BCUT2D eigenvalue weighted by Gasteiger charge is -2.14. The Hall–Kier alpha value is -3.36. The number of nitrogens with zero attached hydrogens (tertiary/aromatic N) is 5. The van der Waals surface area contributed by atoms with E-state index in [2.05, 4.69) is 27.2 Å². The number of nitrogens with one attached hydrogen (secondary N) is 1. The number of H-pyrrole nitrogens is 1. The SMILES string of the molecule is C=C(C)c1cccc(-n2nn[nH]c2=O)c1COc1ccn(O)n1. The smallest absolute Gasteiger partial charge is 0.365 e. The summed E-state index contributed by atoms with van der Waals surface area (Å²) in [5.74, 6) is 0.252. The second kappa shape index (κ2) is 5.79. The fourth-order valence-corrected chi connectivity index (χ4v) is 2.20. The molecule has 23 heavy (non-hydrogen) atoms. The second-order valence-corrected chi connectivity index (χ2v) is 4.86. The monoisotopic (exact) mass is 314 g/mol. The van der Waals surface area contributed by atoms with Crippen LogP contribution < -0.4 is 10.4 Å². The van der Waals surface area contributed by atoms with E-state index in [4.69, 9.17) is 4.74 Å². The third kappa shape index (κ3) is 2.84. The molecule has 0 saturated heterocycles. The zero-order chi connectivity index (χ0) is 16.4. The molecule has 0 fully saturated rings. The molecular weight excluding hydrogens is 300 g/mol. The van der Waals surface area contributed by atoms with Crippen molar-refractivity contribution in [3.05, 3.63) is 58.7 Å². The second-order valence-electron chi connectivity index (χ2n) is 4.86. The van der Waals surface area contributed by atoms with Crippen LogP contribution in [0.25, 0.3) is 11.3 Å². The van der Waals surface area contributed by atoms with E-state index in [0.29, 0.717) is 16.1 Å². The Morgan fingerprint density at radius 2 is 2.26 bits per heavy atom. The van der Waals surface area contributed by atoms with Gasteiger partial charge in [0.15, 0.2) is 0 Å². The van der Waals surface area contributed by atoms with E-state index in [1.165, 1.54) is 12.3 Å². The van der Waals surface area contributed by atoms with Gasteiger partial charge in [-0.25, -0.2) is 9.89 Å². The molecule has 0 unspecified atom stereocenters. The molecule has 0 spiro atoms. The summed E-state index contributed by atoms with van der Waals surface area (Å²) in [7, 11) is 0. The first-order valence-electron chi connectivity index (χ1n) is 6.72. The van der Waals surface area contributed by atoms with Crippen molar-refractivity contribution in [3.8, 4) is 11.6 Å². The average Bonchev–Trinajstić information content (AvgIpc) is 3.13. The predicted octanol–water partition coefficient (Wildman–Crippen LogP) is 1.00. The summed E-state index contributed by atoms with van der Waals surface area (Å²) in [6, 6.07) is 6.93. The minimum Gasteiger partial charge on any atom is -0.472 e. The Morgan fingerprint density at radius 3 is 2.87 bits per heavy atom. The van der Waals surface area contributed by atoms with Crippen LogP contribution in [0.3, 0.4) is 0 Å². The Morgan fingerprint density at radius 1 is 1.43 bits per heavy atom. The Bertz CT molecular complexity index is 907. The van der Waals surface area contributed by atoms with Gasteiger partial charge in [-0.15, -0.1) is 4.85 Å². The van der Waals surface area contributed by atoms with E-state index in [0.717, 1.165) is 15.8 Å². The molecule has 2 aromatic heterocycles. The third-order valence-electron chi connectivity index (χ3n) is 3.23. The highest BCUT2D eigenvalue weighted by molar-refractivity contribution is 5.68. The average molecular weight is 314 g/mol. The molecule has 0 aliphatic rings. The molecule has 0 radical (unpaired) electrons. The lowest BCUT2D eigenvalue weighted by Crippen LogP contribution is -2.19. The highest BCUT2D eigenvalue weighted by Gasteiger charge is 2.15. The first kappa shape index (κ1) is 14.6. The first-order valence-corrected chi connectivity index (χ1v) is 6.72. The molecule has 0 saturated carbocycles. The molecule has 0 atom stereocenters. The minimum atomic E-state index is -0.454. The topological polar surface area (TPSA) is 111 Å². The first-order chi connectivity index (χ1) is 11.1. The molecule has 9 nitrogen and oxygen atoms in total. The van der Waals surface area contributed by atoms with Crippen LogP contribution in [-0.2, 0) is 6.61 Å². The number of ether oxygens (including phenoxy) is 1. The molecule has 9 heteroatoms. The van der Waals surface area contributed by atoms with Gasteiger partial charge in [-0.3, -0.25) is 0 Å². The van der Waals surface area contributed by atoms with Crippen LogP contribution >= 0.6 is 0 Å². The summed E-state index contributed by atoms with van der Waals surface area (Å²) in [6.45, 7) is 5.92. The van der Waals surface area contributed by atoms with Crippen LogP contribution in [0.15, 0.2) is 41.8 Å². The van der Waals surface area contributed by atoms with Crippen LogP contribution in [-0.4, -0.2) is 35.4 Å². The predicted molar refractivity (Wildman–Crippen MR) is 80.4 cm³/mol. The van der Waals surface area contributed by atoms with Gasteiger partial charge in [0.2, 0.25) is 5.88 Å². The van der Waals surface area contributed by atoms with E-state index in [-0.39, 0.29) is 12.5 Å². The van der Waals surface area contributed by atoms with Crippen LogP contribution in [0.5, 0.6) is 5.88 Å². The molecule has 3 rings (SSSR count). The number of benzene rings is 1. The Kier molecular flexibility index (Phi) is 3.67. The molecule has 3 aromatic rings. The normalized spacial score (nSPS) is 10.7. The molecule has 0 aliphatic heterocycles. The van der Waals surface area contributed by atoms with Crippen molar-refractivity contribution < 1.29 is 9.94 Å². The summed E-state index contributed by atoms with van der Waals surface area (Å²) in [5.41, 5.74) is 2.44. The van der Waals surface area contributed by atoms with Crippen LogP contribution in [0, 0.1) is 0 Å². The van der Waals surface area contributed by atoms with Gasteiger partial charge >= 0.3 is 5.69 Å². The van der Waals surface area contributed by atoms with Gasteiger partial charge in [0.25, 0.3) is 0 Å². The van der Waals surface area contributed by atoms with Gasteiger partial charge in [0.1, 0.15) is 6.61 Å². The fraction of sp³-hybridized carbons (Fsp3) is 0.143. The van der Waals surface area contributed by atoms with E-state index in [1.54, 1.807) is 12.1 Å². The summed E-state index contributed by atoms with van der Waals surface area (Å²) in [5, 5.41) is 22.4. The zero-order valence-corrected chi connectivity index (χ0v) is 12.3. The number of allylic oxidation sites excluding steroid dienone is 1. The van der Waals surface area contributed by atoms with Gasteiger partial charge < -0.3 is 9.94 Å². The molecule has 1 aromatic carbocycles. The van der Waals surface area contributed by atoms with Gasteiger partial charge in [-0.2, -0.15) is 4.68 Å². The van der Waals surface area contributed by atoms with Crippen molar-refractivity contribution in [2.24, 2.45) is 0 Å². The van der Waals surface area contributed by atoms with Crippen molar-refractivity contribution in [1.29, 1.82) is 0 Å². The van der Waals surface area contributed by atoms with Crippen molar-refractivity contribution in [2.75, 3.05) is 0 Å². The molecular formula is C14H14N6O3. The largest absolute Gasteiger partial charge is 0.472 e. The maximum atomic E-state index is 11.8. The number of hydrogen-bond donors (Lipinski definition) is 2. The molecule has 0 amide bonds. The summed E-state index contributed by atoms with van der Waals surface area (Å²) < 4.78 is 6.72. The lowest BCUT2D eigenvalue weighted by atomic mass is 10.0. The number of hydrogen-bond acceptors (Lipinski definition) is 6. The van der Waals surface area contributed by atoms with Gasteiger partial charge in [0.05, 0.1) is 11.9 Å². The van der Waals surface area contributed by atoms with Crippen LogP contribution in [0.2, 0.25) is 0 Å². The molecule has 0 bridgehead atoms.